The monoisotopic (exact) mass is 445 g/mol. The second kappa shape index (κ2) is 10.0. The van der Waals surface area contributed by atoms with Gasteiger partial charge in [0.2, 0.25) is 5.91 Å². The van der Waals surface area contributed by atoms with E-state index in [-0.39, 0.29) is 5.91 Å². The minimum Gasteiger partial charge on any atom is -0.318 e. The molecule has 4 nitrogen and oxygen atoms in total. The number of hydrazone groups is 1. The Morgan fingerprint density at radius 1 is 1.10 bits per heavy atom. The van der Waals surface area contributed by atoms with Crippen molar-refractivity contribution in [3.05, 3.63) is 87.2 Å². The van der Waals surface area contributed by atoms with Crippen LogP contribution in [-0.4, -0.2) is 22.4 Å². The number of carbonyl (C=O) groups excluding carboxylic acids is 1. The summed E-state index contributed by atoms with van der Waals surface area (Å²) in [5.74, 6) is 0.910. The van der Waals surface area contributed by atoms with Gasteiger partial charge in [-0.25, -0.2) is 5.43 Å². The summed E-state index contributed by atoms with van der Waals surface area (Å²) >= 11 is 13.5. The molecule has 0 fully saturated rings. The van der Waals surface area contributed by atoms with Gasteiger partial charge in [-0.2, -0.15) is 5.10 Å². The second-order valence-corrected chi connectivity index (χ2v) is 8.41. The first-order valence-corrected chi connectivity index (χ1v) is 10.9. The third-order valence-electron chi connectivity index (χ3n) is 4.34. The molecule has 3 rings (SSSR count). The molecule has 2 aromatic carbocycles. The van der Waals surface area contributed by atoms with Crippen molar-refractivity contribution in [1.29, 1.82) is 0 Å². The van der Waals surface area contributed by atoms with E-state index in [1.807, 2.05) is 68.4 Å². The highest BCUT2D eigenvalue weighted by molar-refractivity contribution is 7.99. The van der Waals surface area contributed by atoms with E-state index in [9.17, 15) is 4.79 Å². The first-order valence-electron chi connectivity index (χ1n) is 9.03. The van der Waals surface area contributed by atoms with Gasteiger partial charge < -0.3 is 4.57 Å². The molecule has 0 saturated carbocycles. The Morgan fingerprint density at radius 2 is 1.86 bits per heavy atom. The summed E-state index contributed by atoms with van der Waals surface area (Å²) in [7, 11) is 0. The van der Waals surface area contributed by atoms with Crippen LogP contribution >= 0.6 is 35.0 Å². The van der Waals surface area contributed by atoms with Crippen LogP contribution in [0.2, 0.25) is 10.0 Å². The molecule has 1 amide bonds. The minimum absolute atomic E-state index is 0.139. The summed E-state index contributed by atoms with van der Waals surface area (Å²) in [5.41, 5.74) is 7.78. The average Bonchev–Trinajstić information content (AvgIpc) is 2.96. The maximum absolute atomic E-state index is 12.0. The Kier molecular flexibility index (Phi) is 7.42. The van der Waals surface area contributed by atoms with Crippen LogP contribution in [0.1, 0.15) is 22.5 Å². The molecule has 0 saturated heterocycles. The molecule has 150 valence electrons. The maximum atomic E-state index is 12.0. The van der Waals surface area contributed by atoms with E-state index < -0.39 is 0 Å². The summed E-state index contributed by atoms with van der Waals surface area (Å²) in [6.45, 7) is 4.05. The van der Waals surface area contributed by atoms with Gasteiger partial charge in [0.15, 0.2) is 0 Å². The highest BCUT2D eigenvalue weighted by Gasteiger charge is 2.09. The molecule has 0 aliphatic rings. The molecule has 0 aliphatic carbocycles. The van der Waals surface area contributed by atoms with Gasteiger partial charge in [-0.1, -0.05) is 35.3 Å². The molecule has 0 bridgehead atoms. The quantitative estimate of drug-likeness (QED) is 0.369. The molecule has 0 spiro atoms. The predicted molar refractivity (Wildman–Crippen MR) is 124 cm³/mol. The molecular formula is C22H21Cl2N3OS. The van der Waals surface area contributed by atoms with Crippen molar-refractivity contribution < 1.29 is 4.79 Å². The van der Waals surface area contributed by atoms with Gasteiger partial charge in [-0.05, 0) is 61.9 Å². The standard InChI is InChI=1S/C22H21Cl2N3OS/c1-15-10-18(16(2)27(15)21-8-6-19(23)7-9-21)12-25-26-22(28)14-29-13-17-4-3-5-20(24)11-17/h3-12H,13-14H2,1-2H3,(H,26,28)/b25-12-. The number of hydrogen-bond donors (Lipinski definition) is 1. The predicted octanol–water partition coefficient (Wildman–Crippen LogP) is 5.78. The Balaban J connectivity index is 1.55. The normalized spacial score (nSPS) is 11.2. The molecule has 3 aromatic rings. The number of carbonyl (C=O) groups is 1. The van der Waals surface area contributed by atoms with Gasteiger partial charge in [-0.15, -0.1) is 11.8 Å². The van der Waals surface area contributed by atoms with E-state index in [1.165, 1.54) is 11.8 Å². The fourth-order valence-electron chi connectivity index (χ4n) is 3.00. The zero-order chi connectivity index (χ0) is 20.8. The first kappa shape index (κ1) is 21.5. The number of aromatic nitrogens is 1. The molecular weight excluding hydrogens is 425 g/mol. The molecule has 1 N–H and O–H groups in total. The van der Waals surface area contributed by atoms with E-state index in [0.29, 0.717) is 15.8 Å². The van der Waals surface area contributed by atoms with Gasteiger partial charge >= 0.3 is 0 Å². The van der Waals surface area contributed by atoms with Gasteiger partial charge in [0, 0.05) is 38.4 Å². The number of rotatable bonds is 7. The van der Waals surface area contributed by atoms with Crippen molar-refractivity contribution in [2.45, 2.75) is 19.6 Å². The minimum atomic E-state index is -0.139. The Morgan fingerprint density at radius 3 is 2.59 bits per heavy atom. The molecule has 1 heterocycles. The van der Waals surface area contributed by atoms with Crippen molar-refractivity contribution in [2.75, 3.05) is 5.75 Å². The summed E-state index contributed by atoms with van der Waals surface area (Å²) in [6.07, 6.45) is 1.67. The van der Waals surface area contributed by atoms with Crippen molar-refractivity contribution in [3.8, 4) is 5.69 Å². The number of nitrogens with one attached hydrogen (secondary N) is 1. The van der Waals surface area contributed by atoms with Crippen molar-refractivity contribution in [1.82, 2.24) is 9.99 Å². The number of halogens is 2. The Hall–Kier alpha value is -2.21. The fourth-order valence-corrected chi connectivity index (χ4v) is 4.11. The summed E-state index contributed by atoms with van der Waals surface area (Å²) in [5, 5.41) is 5.52. The van der Waals surface area contributed by atoms with Crippen molar-refractivity contribution >= 4 is 47.1 Å². The molecule has 7 heteroatoms. The SMILES string of the molecule is Cc1cc(/C=N\NC(=O)CSCc2cccc(Cl)c2)c(C)n1-c1ccc(Cl)cc1. The number of nitrogens with zero attached hydrogens (tertiary/aromatic N) is 2. The van der Waals surface area contributed by atoms with Crippen LogP contribution in [0.5, 0.6) is 0 Å². The molecule has 0 aliphatic heterocycles. The zero-order valence-corrected chi connectivity index (χ0v) is 18.5. The lowest BCUT2D eigenvalue weighted by atomic mass is 10.2. The van der Waals surface area contributed by atoms with Crippen LogP contribution in [0.4, 0.5) is 0 Å². The van der Waals surface area contributed by atoms with E-state index in [1.54, 1.807) is 6.21 Å². The maximum Gasteiger partial charge on any atom is 0.250 e. The molecule has 0 atom stereocenters. The lowest BCUT2D eigenvalue weighted by Gasteiger charge is -2.09. The van der Waals surface area contributed by atoms with Crippen molar-refractivity contribution in [3.63, 3.8) is 0 Å². The van der Waals surface area contributed by atoms with Crippen molar-refractivity contribution in [2.24, 2.45) is 5.10 Å². The number of amides is 1. The van der Waals surface area contributed by atoms with E-state index in [0.717, 1.165) is 34.0 Å². The van der Waals surface area contributed by atoms with Crippen LogP contribution in [-0.2, 0) is 10.5 Å². The molecule has 29 heavy (non-hydrogen) atoms. The summed E-state index contributed by atoms with van der Waals surface area (Å²) in [6, 6.07) is 17.4. The van der Waals surface area contributed by atoms with Gasteiger partial charge in [0.25, 0.3) is 0 Å². The number of aryl methyl sites for hydroxylation is 1. The lowest BCUT2D eigenvalue weighted by molar-refractivity contribution is -0.118. The van der Waals surface area contributed by atoms with Crippen LogP contribution < -0.4 is 5.43 Å². The number of benzene rings is 2. The van der Waals surface area contributed by atoms with Gasteiger partial charge in [0.1, 0.15) is 0 Å². The van der Waals surface area contributed by atoms with Gasteiger partial charge in [-0.3, -0.25) is 4.79 Å². The smallest absolute Gasteiger partial charge is 0.250 e. The highest BCUT2D eigenvalue weighted by Crippen LogP contribution is 2.21. The summed E-state index contributed by atoms with van der Waals surface area (Å²) < 4.78 is 2.13. The van der Waals surface area contributed by atoms with Crippen LogP contribution in [0.15, 0.2) is 59.7 Å². The topological polar surface area (TPSA) is 46.4 Å². The third-order valence-corrected chi connectivity index (χ3v) is 5.83. The Labute approximate surface area is 184 Å². The van der Waals surface area contributed by atoms with Crippen LogP contribution in [0.3, 0.4) is 0 Å². The van der Waals surface area contributed by atoms with E-state index in [4.69, 9.17) is 23.2 Å². The second-order valence-electron chi connectivity index (χ2n) is 6.55. The summed E-state index contributed by atoms with van der Waals surface area (Å²) in [4.78, 5) is 12.0. The first-order chi connectivity index (χ1) is 13.9. The fraction of sp³-hybridized carbons (Fsp3) is 0.182. The lowest BCUT2D eigenvalue weighted by Crippen LogP contribution is -2.19. The van der Waals surface area contributed by atoms with E-state index in [2.05, 4.69) is 15.1 Å². The largest absolute Gasteiger partial charge is 0.318 e. The average molecular weight is 446 g/mol. The van der Waals surface area contributed by atoms with Crippen LogP contribution in [0, 0.1) is 13.8 Å². The van der Waals surface area contributed by atoms with Crippen LogP contribution in [0.25, 0.3) is 5.69 Å². The Bertz CT molecular complexity index is 1030. The zero-order valence-electron chi connectivity index (χ0n) is 16.2. The molecule has 1 aromatic heterocycles. The number of thioether (sulfide) groups is 1. The van der Waals surface area contributed by atoms with Gasteiger partial charge in [0.05, 0.1) is 12.0 Å². The van der Waals surface area contributed by atoms with E-state index >= 15 is 0 Å². The highest BCUT2D eigenvalue weighted by atomic mass is 35.5. The molecule has 0 unspecified atom stereocenters. The third kappa shape index (κ3) is 5.89. The molecule has 0 radical (unpaired) electrons. The number of hydrogen-bond acceptors (Lipinski definition) is 3.